The molecule has 0 spiro atoms. The van der Waals surface area contributed by atoms with Crippen molar-refractivity contribution >= 4 is 11.9 Å². The summed E-state index contributed by atoms with van der Waals surface area (Å²) >= 11 is 0. The van der Waals surface area contributed by atoms with Gasteiger partial charge in [0.05, 0.1) is 13.2 Å². The van der Waals surface area contributed by atoms with Crippen molar-refractivity contribution in [1.29, 1.82) is 0 Å². The summed E-state index contributed by atoms with van der Waals surface area (Å²) in [5, 5.41) is 0. The molecule has 0 aliphatic heterocycles. The minimum Gasteiger partial charge on any atom is -0.461 e. The van der Waals surface area contributed by atoms with Gasteiger partial charge in [0.15, 0.2) is 11.4 Å². The van der Waals surface area contributed by atoms with E-state index in [4.69, 9.17) is 9.47 Å². The molecule has 0 saturated carbocycles. The molecule has 3 aromatic rings. The van der Waals surface area contributed by atoms with Crippen molar-refractivity contribution in [3.63, 3.8) is 0 Å². The second-order valence-electron chi connectivity index (χ2n) is 6.07. The molecule has 2 aromatic carbocycles. The van der Waals surface area contributed by atoms with Crippen molar-refractivity contribution in [2.45, 2.75) is 13.8 Å². The van der Waals surface area contributed by atoms with E-state index in [1.807, 2.05) is 0 Å². The lowest BCUT2D eigenvalue weighted by Gasteiger charge is -2.14. The highest BCUT2D eigenvalue weighted by atomic mass is 19.1. The number of hydrogen-bond donors (Lipinski definition) is 0. The lowest BCUT2D eigenvalue weighted by molar-refractivity contribution is 0.0502. The summed E-state index contributed by atoms with van der Waals surface area (Å²) < 4.78 is 36.9. The summed E-state index contributed by atoms with van der Waals surface area (Å²) in [7, 11) is 0. The molecule has 0 aliphatic rings. The molecule has 8 heteroatoms. The lowest BCUT2D eigenvalue weighted by atomic mass is 10.1. The van der Waals surface area contributed by atoms with Gasteiger partial charge in [-0.2, -0.15) is 0 Å². The maximum Gasteiger partial charge on any atom is 0.359 e. The van der Waals surface area contributed by atoms with Gasteiger partial charge in [-0.15, -0.1) is 0 Å². The Labute approximate surface area is 171 Å². The average molecular weight is 412 g/mol. The maximum atomic E-state index is 13.4. The third-order valence-corrected chi connectivity index (χ3v) is 4.07. The van der Waals surface area contributed by atoms with Crippen LogP contribution >= 0.6 is 0 Å². The number of nitrogens with zero attached hydrogens (tertiary/aromatic N) is 2. The first-order valence-electron chi connectivity index (χ1n) is 9.22. The molecule has 0 bridgehead atoms. The van der Waals surface area contributed by atoms with Gasteiger partial charge in [-0.3, -0.25) is 0 Å². The minimum absolute atomic E-state index is 0.0439. The summed E-state index contributed by atoms with van der Waals surface area (Å²) in [6.07, 6.45) is 0. The third-order valence-electron chi connectivity index (χ3n) is 4.07. The van der Waals surface area contributed by atoms with E-state index in [9.17, 15) is 18.4 Å². The Morgan fingerprint density at radius 1 is 0.700 bits per heavy atom. The summed E-state index contributed by atoms with van der Waals surface area (Å²) in [5.41, 5.74) is 0.503. The number of carbonyl (C=O) groups excluding carboxylic acids is 2. The van der Waals surface area contributed by atoms with Crippen LogP contribution in [0.25, 0.3) is 22.5 Å². The molecule has 3 rings (SSSR count). The van der Waals surface area contributed by atoms with Crippen molar-refractivity contribution in [2.24, 2.45) is 0 Å². The van der Waals surface area contributed by atoms with Gasteiger partial charge in [0.2, 0.25) is 0 Å². The smallest absolute Gasteiger partial charge is 0.359 e. The molecule has 0 unspecified atom stereocenters. The van der Waals surface area contributed by atoms with E-state index >= 15 is 0 Å². The fourth-order valence-electron chi connectivity index (χ4n) is 2.74. The van der Waals surface area contributed by atoms with Crippen LogP contribution in [0.4, 0.5) is 8.78 Å². The Hall–Kier alpha value is -3.68. The summed E-state index contributed by atoms with van der Waals surface area (Å²) in [5.74, 6) is -2.47. The van der Waals surface area contributed by atoms with Crippen molar-refractivity contribution in [3.8, 4) is 22.5 Å². The second-order valence-corrected chi connectivity index (χ2v) is 6.07. The molecule has 154 valence electrons. The van der Waals surface area contributed by atoms with Crippen LogP contribution in [-0.2, 0) is 9.47 Å². The molecule has 6 nitrogen and oxygen atoms in total. The average Bonchev–Trinajstić information content (AvgIpc) is 2.74. The van der Waals surface area contributed by atoms with Crippen LogP contribution in [0, 0.1) is 11.6 Å². The number of esters is 2. The number of halogens is 2. The number of carbonyl (C=O) groups is 2. The molecule has 1 aromatic heterocycles. The Balaban J connectivity index is 2.29. The number of rotatable bonds is 6. The van der Waals surface area contributed by atoms with Crippen molar-refractivity contribution in [1.82, 2.24) is 9.97 Å². The molecule has 0 amide bonds. The van der Waals surface area contributed by atoms with E-state index in [0.29, 0.717) is 11.1 Å². The highest BCUT2D eigenvalue weighted by Gasteiger charge is 2.26. The Kier molecular flexibility index (Phi) is 6.46. The molecule has 0 N–H and O–H groups in total. The van der Waals surface area contributed by atoms with E-state index in [1.54, 1.807) is 13.8 Å². The first kappa shape index (κ1) is 21.0. The van der Waals surface area contributed by atoms with E-state index in [0.717, 1.165) is 0 Å². The van der Waals surface area contributed by atoms with Gasteiger partial charge in [-0.05, 0) is 62.4 Å². The predicted octanol–water partition coefficient (Wildman–Crippen LogP) is 4.44. The fourth-order valence-corrected chi connectivity index (χ4v) is 2.74. The van der Waals surface area contributed by atoms with Crippen LogP contribution in [0.3, 0.4) is 0 Å². The first-order chi connectivity index (χ1) is 14.4. The molecule has 0 radical (unpaired) electrons. The largest absolute Gasteiger partial charge is 0.461 e. The quantitative estimate of drug-likeness (QED) is 0.557. The van der Waals surface area contributed by atoms with Crippen LogP contribution in [0.15, 0.2) is 48.5 Å². The van der Waals surface area contributed by atoms with Gasteiger partial charge in [0, 0.05) is 11.1 Å². The standard InChI is InChI=1S/C22H18F2N2O4/c1-3-29-21(27)19-17(13-5-9-15(23)10-6-13)26-20(22(28)30-4-2)18(25-19)14-7-11-16(24)12-8-14/h5-12H,3-4H2,1-2H3. The van der Waals surface area contributed by atoms with E-state index < -0.39 is 23.6 Å². The van der Waals surface area contributed by atoms with Crippen LogP contribution in [0.1, 0.15) is 34.8 Å². The summed E-state index contributed by atoms with van der Waals surface area (Å²) in [6.45, 7) is 3.46. The molecular formula is C22H18F2N2O4. The zero-order chi connectivity index (χ0) is 21.7. The predicted molar refractivity (Wildman–Crippen MR) is 105 cm³/mol. The molecule has 30 heavy (non-hydrogen) atoms. The molecule has 0 fully saturated rings. The first-order valence-corrected chi connectivity index (χ1v) is 9.22. The molecule has 1 heterocycles. The van der Waals surface area contributed by atoms with Crippen LogP contribution in [0.2, 0.25) is 0 Å². The molecule has 0 saturated heterocycles. The van der Waals surface area contributed by atoms with Gasteiger partial charge >= 0.3 is 11.9 Å². The Bertz CT molecular complexity index is 980. The van der Waals surface area contributed by atoms with Crippen LogP contribution in [0.5, 0.6) is 0 Å². The summed E-state index contributed by atoms with van der Waals surface area (Å²) in [4.78, 5) is 33.8. The van der Waals surface area contributed by atoms with Gasteiger partial charge < -0.3 is 9.47 Å². The molecular weight excluding hydrogens is 394 g/mol. The van der Waals surface area contributed by atoms with E-state index in [2.05, 4.69) is 9.97 Å². The van der Waals surface area contributed by atoms with Gasteiger partial charge in [-0.25, -0.2) is 28.3 Å². The highest BCUT2D eigenvalue weighted by molar-refractivity contribution is 5.99. The SMILES string of the molecule is CCOC(=O)c1nc(-c2ccc(F)cc2)c(C(=O)OCC)nc1-c1ccc(F)cc1. The zero-order valence-corrected chi connectivity index (χ0v) is 16.3. The number of ether oxygens (including phenoxy) is 2. The minimum atomic E-state index is -0.761. The number of aromatic nitrogens is 2. The third kappa shape index (κ3) is 4.48. The van der Waals surface area contributed by atoms with Gasteiger partial charge in [0.1, 0.15) is 23.0 Å². The van der Waals surface area contributed by atoms with Crippen molar-refractivity contribution < 1.29 is 27.8 Å². The topological polar surface area (TPSA) is 78.4 Å². The lowest BCUT2D eigenvalue weighted by Crippen LogP contribution is -2.17. The Morgan fingerprint density at radius 3 is 1.33 bits per heavy atom. The number of hydrogen-bond acceptors (Lipinski definition) is 6. The van der Waals surface area contributed by atoms with Crippen molar-refractivity contribution in [3.05, 3.63) is 71.6 Å². The van der Waals surface area contributed by atoms with Gasteiger partial charge in [0.25, 0.3) is 0 Å². The molecule has 0 aliphatic carbocycles. The highest BCUT2D eigenvalue weighted by Crippen LogP contribution is 2.28. The summed E-state index contributed by atoms with van der Waals surface area (Å²) in [6, 6.07) is 10.4. The van der Waals surface area contributed by atoms with Crippen LogP contribution in [-0.4, -0.2) is 35.1 Å². The van der Waals surface area contributed by atoms with Gasteiger partial charge in [-0.1, -0.05) is 0 Å². The molecule has 0 atom stereocenters. The monoisotopic (exact) mass is 412 g/mol. The second kappa shape index (κ2) is 9.21. The van der Waals surface area contributed by atoms with E-state index in [1.165, 1.54) is 48.5 Å². The Morgan fingerprint density at radius 2 is 1.03 bits per heavy atom. The number of benzene rings is 2. The fraction of sp³-hybridized carbons (Fsp3) is 0.182. The normalized spacial score (nSPS) is 10.5. The van der Waals surface area contributed by atoms with Crippen molar-refractivity contribution in [2.75, 3.05) is 13.2 Å². The van der Waals surface area contributed by atoms with E-state index in [-0.39, 0.29) is 36.0 Å². The zero-order valence-electron chi connectivity index (χ0n) is 16.3. The van der Waals surface area contributed by atoms with Crippen LogP contribution < -0.4 is 0 Å². The maximum absolute atomic E-state index is 13.4.